The normalized spacial score (nSPS) is 14.0. The molecule has 0 saturated heterocycles. The van der Waals surface area contributed by atoms with Crippen LogP contribution in [-0.4, -0.2) is 0 Å². The zero-order valence-corrected chi connectivity index (χ0v) is 9.69. The molecule has 0 bridgehead atoms. The fourth-order valence-electron chi connectivity index (χ4n) is 2.46. The molecule has 0 fully saturated rings. The molecule has 0 aromatic heterocycles. The minimum Gasteiger partial charge on any atom is -0.399 e. The number of aryl methyl sites for hydroxylation is 1. The highest BCUT2D eigenvalue weighted by Crippen LogP contribution is 2.32. The highest BCUT2D eigenvalue weighted by atomic mass is 14.5. The van der Waals surface area contributed by atoms with Crippen LogP contribution in [-0.2, 0) is 6.42 Å². The van der Waals surface area contributed by atoms with Crippen LogP contribution in [0.2, 0.25) is 0 Å². The van der Waals surface area contributed by atoms with Gasteiger partial charge in [0, 0.05) is 5.69 Å². The van der Waals surface area contributed by atoms with E-state index >= 15 is 0 Å². The number of benzene rings is 2. The lowest BCUT2D eigenvalue weighted by atomic mass is 9.87. The molecule has 0 heterocycles. The SMILES string of the molecule is Nc1ccc2c(c1)CCC=C2c1ccccc1. The molecule has 1 heteroatoms. The molecule has 0 saturated carbocycles. The number of allylic oxidation sites excluding steroid dienone is 1. The third-order valence-corrected chi connectivity index (χ3v) is 3.27. The van der Waals surface area contributed by atoms with Crippen molar-refractivity contribution in [1.29, 1.82) is 0 Å². The van der Waals surface area contributed by atoms with Gasteiger partial charge in [0.2, 0.25) is 0 Å². The van der Waals surface area contributed by atoms with Crippen molar-refractivity contribution in [1.82, 2.24) is 0 Å². The third-order valence-electron chi connectivity index (χ3n) is 3.27. The minimum atomic E-state index is 0.859. The topological polar surface area (TPSA) is 26.0 Å². The number of rotatable bonds is 1. The number of fused-ring (bicyclic) bond motifs is 1. The van der Waals surface area contributed by atoms with E-state index in [4.69, 9.17) is 5.73 Å². The molecular weight excluding hydrogens is 206 g/mol. The second-order valence-electron chi connectivity index (χ2n) is 4.44. The summed E-state index contributed by atoms with van der Waals surface area (Å²) in [6, 6.07) is 16.8. The van der Waals surface area contributed by atoms with Gasteiger partial charge in [-0.2, -0.15) is 0 Å². The van der Waals surface area contributed by atoms with Crippen molar-refractivity contribution in [3.8, 4) is 0 Å². The van der Waals surface area contributed by atoms with Crippen LogP contribution in [0.3, 0.4) is 0 Å². The van der Waals surface area contributed by atoms with E-state index in [0.29, 0.717) is 0 Å². The van der Waals surface area contributed by atoms with Crippen LogP contribution in [0, 0.1) is 0 Å². The fourth-order valence-corrected chi connectivity index (χ4v) is 2.46. The predicted molar refractivity (Wildman–Crippen MR) is 72.7 cm³/mol. The Bertz CT molecular complexity index is 567. The van der Waals surface area contributed by atoms with Crippen molar-refractivity contribution in [3.05, 3.63) is 71.3 Å². The van der Waals surface area contributed by atoms with Crippen molar-refractivity contribution in [3.63, 3.8) is 0 Å². The Kier molecular flexibility index (Phi) is 2.45. The summed E-state index contributed by atoms with van der Waals surface area (Å²) < 4.78 is 0. The van der Waals surface area contributed by atoms with Crippen LogP contribution in [0.4, 0.5) is 5.69 Å². The maximum atomic E-state index is 5.85. The second-order valence-corrected chi connectivity index (χ2v) is 4.44. The number of nitrogen functional groups attached to an aromatic ring is 1. The van der Waals surface area contributed by atoms with E-state index in [0.717, 1.165) is 18.5 Å². The maximum absolute atomic E-state index is 5.85. The third kappa shape index (κ3) is 1.84. The summed E-state index contributed by atoms with van der Waals surface area (Å²) in [4.78, 5) is 0. The zero-order valence-electron chi connectivity index (χ0n) is 9.69. The average Bonchev–Trinajstić information content (AvgIpc) is 2.39. The van der Waals surface area contributed by atoms with Crippen LogP contribution in [0.15, 0.2) is 54.6 Å². The summed E-state index contributed by atoms with van der Waals surface area (Å²) in [5.41, 5.74) is 12.0. The Morgan fingerprint density at radius 1 is 0.941 bits per heavy atom. The van der Waals surface area contributed by atoms with Crippen LogP contribution in [0.5, 0.6) is 0 Å². The molecule has 84 valence electrons. The fraction of sp³-hybridized carbons (Fsp3) is 0.125. The lowest BCUT2D eigenvalue weighted by molar-refractivity contribution is 0.978. The molecular formula is C16H15N. The summed E-state index contributed by atoms with van der Waals surface area (Å²) >= 11 is 0. The van der Waals surface area contributed by atoms with Gasteiger partial charge in [0.1, 0.15) is 0 Å². The largest absolute Gasteiger partial charge is 0.399 e. The molecule has 2 aromatic carbocycles. The number of nitrogens with two attached hydrogens (primary N) is 1. The van der Waals surface area contributed by atoms with Crippen LogP contribution < -0.4 is 5.73 Å². The zero-order chi connectivity index (χ0) is 11.7. The molecule has 1 aliphatic carbocycles. The van der Waals surface area contributed by atoms with E-state index < -0.39 is 0 Å². The Morgan fingerprint density at radius 2 is 1.76 bits per heavy atom. The first-order valence-corrected chi connectivity index (χ1v) is 5.99. The summed E-state index contributed by atoms with van der Waals surface area (Å²) in [6.45, 7) is 0. The quantitative estimate of drug-likeness (QED) is 0.731. The number of hydrogen-bond acceptors (Lipinski definition) is 1. The van der Waals surface area contributed by atoms with Crippen molar-refractivity contribution >= 4 is 11.3 Å². The lowest BCUT2D eigenvalue weighted by Crippen LogP contribution is -2.02. The minimum absolute atomic E-state index is 0.859. The van der Waals surface area contributed by atoms with Gasteiger partial charge in [-0.3, -0.25) is 0 Å². The van der Waals surface area contributed by atoms with E-state index in [1.807, 2.05) is 6.07 Å². The van der Waals surface area contributed by atoms with Gasteiger partial charge in [0.05, 0.1) is 0 Å². The van der Waals surface area contributed by atoms with Gasteiger partial charge in [-0.25, -0.2) is 0 Å². The maximum Gasteiger partial charge on any atom is 0.0317 e. The monoisotopic (exact) mass is 221 g/mol. The Morgan fingerprint density at radius 3 is 2.59 bits per heavy atom. The van der Waals surface area contributed by atoms with Crippen molar-refractivity contribution in [2.45, 2.75) is 12.8 Å². The molecule has 2 N–H and O–H groups in total. The van der Waals surface area contributed by atoms with Gasteiger partial charge in [-0.1, -0.05) is 42.5 Å². The standard InChI is InChI=1S/C16H15N/c17-14-9-10-16-13(11-14)7-4-8-15(16)12-5-2-1-3-6-12/h1-3,5-6,8-11H,4,7,17H2. The first-order valence-electron chi connectivity index (χ1n) is 5.99. The lowest BCUT2D eigenvalue weighted by Gasteiger charge is -2.18. The van der Waals surface area contributed by atoms with E-state index in [1.165, 1.54) is 22.3 Å². The molecule has 17 heavy (non-hydrogen) atoms. The molecule has 0 unspecified atom stereocenters. The molecule has 0 aliphatic heterocycles. The second kappa shape index (κ2) is 4.10. The number of anilines is 1. The molecule has 0 atom stereocenters. The van der Waals surface area contributed by atoms with Gasteiger partial charge in [0.25, 0.3) is 0 Å². The smallest absolute Gasteiger partial charge is 0.0317 e. The van der Waals surface area contributed by atoms with Gasteiger partial charge >= 0.3 is 0 Å². The Balaban J connectivity index is 2.12. The molecule has 3 rings (SSSR count). The van der Waals surface area contributed by atoms with Crippen LogP contribution in [0.25, 0.3) is 5.57 Å². The van der Waals surface area contributed by atoms with E-state index in [2.05, 4.69) is 48.5 Å². The van der Waals surface area contributed by atoms with Crippen molar-refractivity contribution in [2.24, 2.45) is 0 Å². The molecule has 0 radical (unpaired) electrons. The van der Waals surface area contributed by atoms with Crippen molar-refractivity contribution < 1.29 is 0 Å². The van der Waals surface area contributed by atoms with Gasteiger partial charge in [-0.15, -0.1) is 0 Å². The molecule has 1 aliphatic rings. The van der Waals surface area contributed by atoms with Gasteiger partial charge in [0.15, 0.2) is 0 Å². The molecule has 1 nitrogen and oxygen atoms in total. The van der Waals surface area contributed by atoms with E-state index in [9.17, 15) is 0 Å². The summed E-state index contributed by atoms with van der Waals surface area (Å²) in [5, 5.41) is 0. The van der Waals surface area contributed by atoms with E-state index in [-0.39, 0.29) is 0 Å². The molecule has 0 spiro atoms. The van der Waals surface area contributed by atoms with Gasteiger partial charge in [-0.05, 0) is 47.2 Å². The molecule has 0 amide bonds. The van der Waals surface area contributed by atoms with Crippen LogP contribution in [0.1, 0.15) is 23.1 Å². The highest BCUT2D eigenvalue weighted by molar-refractivity contribution is 5.83. The Hall–Kier alpha value is -2.02. The summed E-state index contributed by atoms with van der Waals surface area (Å²) in [7, 11) is 0. The summed E-state index contributed by atoms with van der Waals surface area (Å²) in [5.74, 6) is 0. The molecule has 2 aromatic rings. The first-order chi connectivity index (χ1) is 8.34. The Labute approximate surface area is 102 Å². The van der Waals surface area contributed by atoms with Crippen molar-refractivity contribution in [2.75, 3.05) is 5.73 Å². The highest BCUT2D eigenvalue weighted by Gasteiger charge is 2.13. The number of hydrogen-bond donors (Lipinski definition) is 1. The van der Waals surface area contributed by atoms with Crippen LogP contribution >= 0.6 is 0 Å². The summed E-state index contributed by atoms with van der Waals surface area (Å²) in [6.07, 6.45) is 4.52. The first kappa shape index (κ1) is 10.2. The van der Waals surface area contributed by atoms with E-state index in [1.54, 1.807) is 0 Å². The van der Waals surface area contributed by atoms with Gasteiger partial charge < -0.3 is 5.73 Å². The predicted octanol–water partition coefficient (Wildman–Crippen LogP) is 3.65. The average molecular weight is 221 g/mol.